The highest BCUT2D eigenvalue weighted by atomic mass is 35.6. The van der Waals surface area contributed by atoms with Crippen LogP contribution < -0.4 is 0 Å². The van der Waals surface area contributed by atoms with Gasteiger partial charge in [-0.1, -0.05) is 30.9 Å². The zero-order valence-corrected chi connectivity index (χ0v) is 8.36. The first-order valence-electron chi connectivity index (χ1n) is 3.27. The molecule has 0 N–H and O–H groups in total. The van der Waals surface area contributed by atoms with Gasteiger partial charge in [0.25, 0.3) is 0 Å². The Balaban J connectivity index is 2.64. The van der Waals surface area contributed by atoms with E-state index in [0.29, 0.717) is 11.0 Å². The predicted molar refractivity (Wildman–Crippen MR) is 50.2 cm³/mol. The van der Waals surface area contributed by atoms with E-state index in [-0.39, 0.29) is 0 Å². The molecule has 0 saturated carbocycles. The van der Waals surface area contributed by atoms with Gasteiger partial charge in [0, 0.05) is 11.0 Å². The third-order valence-electron chi connectivity index (χ3n) is 1.70. The second-order valence-electron chi connectivity index (χ2n) is 2.71. The van der Waals surface area contributed by atoms with Crippen LogP contribution in [0.3, 0.4) is 0 Å². The zero-order valence-electron chi connectivity index (χ0n) is 5.85. The molecule has 1 atom stereocenters. The van der Waals surface area contributed by atoms with Crippen LogP contribution in [0.5, 0.6) is 0 Å². The molecule has 0 aromatic carbocycles. The van der Waals surface area contributed by atoms with Crippen molar-refractivity contribution in [3.8, 4) is 0 Å². The molecule has 0 heterocycles. The molecule has 0 saturated heterocycles. The van der Waals surface area contributed by atoms with Crippen molar-refractivity contribution < 1.29 is 0 Å². The number of hydrogen-bond donors (Lipinski definition) is 0. The fraction of sp³-hybridized carbons (Fsp3) is 0.429. The highest BCUT2D eigenvalue weighted by molar-refractivity contribution is 7.23. The van der Waals surface area contributed by atoms with Gasteiger partial charge >= 0.3 is 0 Å². The molecular formula is C7H10Cl2Si. The van der Waals surface area contributed by atoms with E-state index in [1.165, 1.54) is 0 Å². The number of rotatable bonds is 2. The minimum absolute atomic E-state index is 0.437. The van der Waals surface area contributed by atoms with Crippen LogP contribution in [0.4, 0.5) is 0 Å². The Labute approximate surface area is 72.2 Å². The van der Waals surface area contributed by atoms with Crippen molar-refractivity contribution in [3.63, 3.8) is 0 Å². The summed E-state index contributed by atoms with van der Waals surface area (Å²) in [5.74, 6) is 0. The van der Waals surface area contributed by atoms with Gasteiger partial charge in [0.1, 0.15) is 0 Å². The topological polar surface area (TPSA) is 0 Å². The first-order chi connectivity index (χ1) is 4.67. The van der Waals surface area contributed by atoms with Crippen LogP contribution in [-0.4, -0.2) is 12.9 Å². The third kappa shape index (κ3) is 1.65. The van der Waals surface area contributed by atoms with Crippen LogP contribution in [0.2, 0.25) is 12.1 Å². The monoisotopic (exact) mass is 192 g/mol. The molecule has 0 fully saturated rings. The van der Waals surface area contributed by atoms with Crippen LogP contribution in [0.25, 0.3) is 0 Å². The highest BCUT2D eigenvalue weighted by Crippen LogP contribution is 2.32. The average molecular weight is 193 g/mol. The van der Waals surface area contributed by atoms with Crippen molar-refractivity contribution in [2.45, 2.75) is 12.1 Å². The van der Waals surface area contributed by atoms with Crippen molar-refractivity contribution in [1.29, 1.82) is 0 Å². The molecule has 0 amide bonds. The summed E-state index contributed by atoms with van der Waals surface area (Å²) in [6.45, 7) is 2.09. The number of allylic oxidation sites excluding steroid dienone is 4. The Morgan fingerprint density at radius 2 is 1.90 bits per heavy atom. The summed E-state index contributed by atoms with van der Waals surface area (Å²) in [6, 6.07) is 0. The summed E-state index contributed by atoms with van der Waals surface area (Å²) < 4.78 is 0. The van der Waals surface area contributed by atoms with Crippen molar-refractivity contribution >= 4 is 30.1 Å². The molecule has 0 aliphatic heterocycles. The lowest BCUT2D eigenvalue weighted by Gasteiger charge is -2.20. The molecule has 3 heteroatoms. The van der Waals surface area contributed by atoms with E-state index in [2.05, 4.69) is 18.7 Å². The van der Waals surface area contributed by atoms with E-state index in [4.69, 9.17) is 22.7 Å². The average Bonchev–Trinajstić information content (AvgIpc) is 2.38. The molecule has 10 heavy (non-hydrogen) atoms. The maximum absolute atomic E-state index is 6.23. The maximum Gasteiger partial charge on any atom is 0.178 e. The second kappa shape index (κ2) is 3.12. The second-order valence-corrected chi connectivity index (χ2v) is 9.59. The van der Waals surface area contributed by atoms with Crippen LogP contribution in [0.1, 0.15) is 0 Å². The van der Waals surface area contributed by atoms with Gasteiger partial charge in [-0.05, 0) is 0 Å². The Hall–Kier alpha value is 0.277. The Morgan fingerprint density at radius 3 is 2.30 bits per heavy atom. The normalized spacial score (nSPS) is 23.5. The maximum atomic E-state index is 6.23. The van der Waals surface area contributed by atoms with E-state index in [9.17, 15) is 0 Å². The molecule has 0 nitrogen and oxygen atoms in total. The lowest BCUT2D eigenvalue weighted by Crippen LogP contribution is -2.29. The summed E-state index contributed by atoms with van der Waals surface area (Å²) in [5, 5.41) is 0. The molecule has 0 radical (unpaired) electrons. The Morgan fingerprint density at radius 1 is 1.40 bits per heavy atom. The lowest BCUT2D eigenvalue weighted by molar-refractivity contribution is 1.33. The number of halogens is 2. The number of alkyl halides is 1. The van der Waals surface area contributed by atoms with E-state index in [0.717, 1.165) is 0 Å². The first-order valence-corrected chi connectivity index (χ1v) is 7.60. The Kier molecular flexibility index (Phi) is 2.61. The predicted octanol–water partition coefficient (Wildman–Crippen LogP) is 3.07. The number of hydrogen-bond acceptors (Lipinski definition) is 0. The van der Waals surface area contributed by atoms with Crippen molar-refractivity contribution in [2.75, 3.05) is 5.50 Å². The summed E-state index contributed by atoms with van der Waals surface area (Å²) >= 11 is 12.0. The van der Waals surface area contributed by atoms with Gasteiger partial charge < -0.3 is 0 Å². The van der Waals surface area contributed by atoms with Crippen LogP contribution in [0.15, 0.2) is 24.3 Å². The van der Waals surface area contributed by atoms with Gasteiger partial charge in [-0.3, -0.25) is 0 Å². The highest BCUT2D eigenvalue weighted by Gasteiger charge is 2.31. The fourth-order valence-electron chi connectivity index (χ4n) is 0.922. The summed E-state index contributed by atoms with van der Waals surface area (Å²) in [4.78, 5) is 0. The first kappa shape index (κ1) is 8.37. The van der Waals surface area contributed by atoms with Crippen molar-refractivity contribution in [1.82, 2.24) is 0 Å². The molecule has 1 rings (SSSR count). The van der Waals surface area contributed by atoms with E-state index in [1.54, 1.807) is 0 Å². The Bertz CT molecular complexity index is 160. The fourth-order valence-corrected chi connectivity index (χ4v) is 3.10. The molecule has 0 aromatic rings. The summed E-state index contributed by atoms with van der Waals surface area (Å²) in [6.07, 6.45) is 8.32. The molecule has 0 spiro atoms. The van der Waals surface area contributed by atoms with Gasteiger partial charge in [-0.25, -0.2) is 0 Å². The van der Waals surface area contributed by atoms with E-state index < -0.39 is 7.38 Å². The van der Waals surface area contributed by atoms with Gasteiger partial charge in [0.15, 0.2) is 7.38 Å². The van der Waals surface area contributed by atoms with Crippen LogP contribution in [-0.2, 0) is 0 Å². The molecule has 1 unspecified atom stereocenters. The largest absolute Gasteiger partial charge is 0.178 e. The van der Waals surface area contributed by atoms with Gasteiger partial charge in [0.05, 0.1) is 0 Å². The standard InChI is InChI=1S/C7H10Cl2Si/c1-10(9,6-8)7-4-2-3-5-7/h2-5,7H,6H2,1H3. The van der Waals surface area contributed by atoms with Gasteiger partial charge in [0.2, 0.25) is 0 Å². The molecule has 0 bridgehead atoms. The van der Waals surface area contributed by atoms with Crippen molar-refractivity contribution in [2.24, 2.45) is 0 Å². The smallest absolute Gasteiger partial charge is 0.165 e. The van der Waals surface area contributed by atoms with E-state index >= 15 is 0 Å². The third-order valence-corrected chi connectivity index (χ3v) is 7.23. The molecule has 1 aliphatic carbocycles. The van der Waals surface area contributed by atoms with E-state index in [1.807, 2.05) is 12.2 Å². The lowest BCUT2D eigenvalue weighted by atomic mass is 10.5. The zero-order chi connectivity index (χ0) is 7.61. The van der Waals surface area contributed by atoms with Gasteiger partial charge in [-0.2, -0.15) is 11.1 Å². The summed E-state index contributed by atoms with van der Waals surface area (Å²) in [5.41, 5.74) is 1.06. The minimum atomic E-state index is -1.68. The molecule has 0 aromatic heterocycles. The molecular weight excluding hydrogens is 183 g/mol. The van der Waals surface area contributed by atoms with Crippen LogP contribution >= 0.6 is 22.7 Å². The van der Waals surface area contributed by atoms with Gasteiger partial charge in [-0.15, -0.1) is 11.6 Å². The SMILES string of the molecule is C[Si](Cl)(CCl)C1C=CC=C1. The minimum Gasteiger partial charge on any atom is -0.165 e. The quantitative estimate of drug-likeness (QED) is 0.359. The summed E-state index contributed by atoms with van der Waals surface area (Å²) in [7, 11) is -1.68. The molecule has 1 aliphatic rings. The van der Waals surface area contributed by atoms with Crippen molar-refractivity contribution in [3.05, 3.63) is 24.3 Å². The molecule has 56 valence electrons. The van der Waals surface area contributed by atoms with Crippen LogP contribution in [0, 0.1) is 0 Å².